The van der Waals surface area contributed by atoms with E-state index in [4.69, 9.17) is 21.1 Å². The monoisotopic (exact) mass is 403 g/mol. The van der Waals surface area contributed by atoms with Crippen molar-refractivity contribution in [3.63, 3.8) is 0 Å². The molecule has 0 unspecified atom stereocenters. The molecule has 0 saturated carbocycles. The average Bonchev–Trinajstić information content (AvgIpc) is 2.69. The van der Waals surface area contributed by atoms with Crippen LogP contribution in [0.3, 0.4) is 0 Å². The Morgan fingerprint density at radius 3 is 2.36 bits per heavy atom. The van der Waals surface area contributed by atoms with Crippen molar-refractivity contribution in [3.05, 3.63) is 94.0 Å². The molecule has 3 aromatic carbocycles. The highest BCUT2D eigenvalue weighted by Gasteiger charge is 2.13. The van der Waals surface area contributed by atoms with Crippen molar-refractivity contribution in [2.24, 2.45) is 0 Å². The first-order valence-corrected chi connectivity index (χ1v) is 9.12. The van der Waals surface area contributed by atoms with Gasteiger partial charge in [0.05, 0.1) is 12.1 Å². The second kappa shape index (κ2) is 9.53. The van der Waals surface area contributed by atoms with Gasteiger partial charge in [-0.25, -0.2) is 8.78 Å². The minimum Gasteiger partial charge on any atom is -0.493 e. The summed E-state index contributed by atoms with van der Waals surface area (Å²) in [6.45, 7) is 1.18. The SMILES string of the molecule is COc1cc(CNCc2ccc(F)cc2)cc(Cl)c1OCc1ccccc1F. The van der Waals surface area contributed by atoms with Gasteiger partial charge in [0.2, 0.25) is 0 Å². The molecule has 1 N–H and O–H groups in total. The van der Waals surface area contributed by atoms with Crippen molar-refractivity contribution >= 4 is 11.6 Å². The van der Waals surface area contributed by atoms with Crippen LogP contribution in [0.25, 0.3) is 0 Å². The quantitative estimate of drug-likeness (QED) is 0.539. The number of methoxy groups -OCH3 is 1. The fourth-order valence-corrected chi connectivity index (χ4v) is 3.02. The highest BCUT2D eigenvalue weighted by Crippen LogP contribution is 2.37. The van der Waals surface area contributed by atoms with Gasteiger partial charge in [0.25, 0.3) is 0 Å². The molecular weight excluding hydrogens is 384 g/mol. The summed E-state index contributed by atoms with van der Waals surface area (Å²) in [5.41, 5.74) is 2.32. The summed E-state index contributed by atoms with van der Waals surface area (Å²) >= 11 is 6.36. The molecule has 0 saturated heterocycles. The predicted molar refractivity (Wildman–Crippen MR) is 106 cm³/mol. The Morgan fingerprint density at radius 2 is 1.64 bits per heavy atom. The fraction of sp³-hybridized carbons (Fsp3) is 0.182. The number of halogens is 3. The third-order valence-electron chi connectivity index (χ3n) is 4.19. The number of rotatable bonds is 8. The topological polar surface area (TPSA) is 30.5 Å². The van der Waals surface area contributed by atoms with E-state index in [1.54, 1.807) is 36.4 Å². The van der Waals surface area contributed by atoms with Crippen LogP contribution in [-0.2, 0) is 19.7 Å². The molecule has 0 heterocycles. The molecule has 0 atom stereocenters. The van der Waals surface area contributed by atoms with Gasteiger partial charge in [0.1, 0.15) is 18.2 Å². The Balaban J connectivity index is 1.65. The van der Waals surface area contributed by atoms with Crippen LogP contribution in [0.1, 0.15) is 16.7 Å². The second-order valence-corrected chi connectivity index (χ2v) is 6.63. The molecule has 0 amide bonds. The van der Waals surface area contributed by atoms with E-state index < -0.39 is 0 Å². The molecule has 0 aliphatic heterocycles. The molecule has 3 rings (SSSR count). The van der Waals surface area contributed by atoms with Crippen molar-refractivity contribution in [2.75, 3.05) is 7.11 Å². The number of benzene rings is 3. The summed E-state index contributed by atoms with van der Waals surface area (Å²) in [4.78, 5) is 0. The Morgan fingerprint density at radius 1 is 0.929 bits per heavy atom. The van der Waals surface area contributed by atoms with Crippen molar-refractivity contribution in [1.82, 2.24) is 5.32 Å². The molecule has 0 fully saturated rings. The average molecular weight is 404 g/mol. The molecule has 3 nitrogen and oxygen atoms in total. The van der Waals surface area contributed by atoms with Crippen molar-refractivity contribution in [1.29, 1.82) is 0 Å². The highest BCUT2D eigenvalue weighted by molar-refractivity contribution is 6.32. The van der Waals surface area contributed by atoms with Crippen LogP contribution >= 0.6 is 11.6 Å². The fourth-order valence-electron chi connectivity index (χ4n) is 2.73. The van der Waals surface area contributed by atoms with Gasteiger partial charge in [-0.05, 0) is 41.5 Å². The van der Waals surface area contributed by atoms with Gasteiger partial charge in [-0.3, -0.25) is 0 Å². The Hall–Kier alpha value is -2.63. The summed E-state index contributed by atoms with van der Waals surface area (Å²) in [5.74, 6) is 0.252. The smallest absolute Gasteiger partial charge is 0.180 e. The summed E-state index contributed by atoms with van der Waals surface area (Å²) in [5, 5.41) is 3.66. The zero-order valence-electron chi connectivity index (χ0n) is 15.3. The largest absolute Gasteiger partial charge is 0.493 e. The molecule has 6 heteroatoms. The first-order valence-electron chi connectivity index (χ1n) is 8.74. The summed E-state index contributed by atoms with van der Waals surface area (Å²) < 4.78 is 37.8. The van der Waals surface area contributed by atoms with E-state index >= 15 is 0 Å². The normalized spacial score (nSPS) is 10.7. The number of nitrogens with one attached hydrogen (secondary N) is 1. The van der Waals surface area contributed by atoms with Crippen LogP contribution in [-0.4, -0.2) is 7.11 Å². The first-order chi connectivity index (χ1) is 13.6. The van der Waals surface area contributed by atoms with Crippen LogP contribution in [0, 0.1) is 11.6 Å². The standard InChI is InChI=1S/C22H20ClF2NO2/c1-27-21-11-16(13-26-12-15-6-8-18(24)9-7-15)10-19(23)22(21)28-14-17-4-2-3-5-20(17)25/h2-11,26H,12-14H2,1H3. The van der Waals surface area contributed by atoms with Gasteiger partial charge in [-0.2, -0.15) is 0 Å². The zero-order chi connectivity index (χ0) is 19.9. The lowest BCUT2D eigenvalue weighted by Crippen LogP contribution is -2.13. The lowest BCUT2D eigenvalue weighted by molar-refractivity contribution is 0.279. The van der Waals surface area contributed by atoms with Crippen molar-refractivity contribution in [3.8, 4) is 11.5 Å². The minimum atomic E-state index is -0.334. The zero-order valence-corrected chi connectivity index (χ0v) is 16.1. The molecule has 0 bridgehead atoms. The van der Waals surface area contributed by atoms with E-state index in [0.717, 1.165) is 11.1 Å². The molecule has 28 heavy (non-hydrogen) atoms. The number of hydrogen-bond acceptors (Lipinski definition) is 3. The lowest BCUT2D eigenvalue weighted by Gasteiger charge is -2.15. The lowest BCUT2D eigenvalue weighted by atomic mass is 10.1. The Kier molecular flexibility index (Phi) is 6.85. The third-order valence-corrected chi connectivity index (χ3v) is 4.47. The number of hydrogen-bond donors (Lipinski definition) is 1. The van der Waals surface area contributed by atoms with Crippen LogP contribution < -0.4 is 14.8 Å². The predicted octanol–water partition coefficient (Wildman–Crippen LogP) is 5.50. The van der Waals surface area contributed by atoms with Crippen molar-refractivity contribution in [2.45, 2.75) is 19.7 Å². The van der Waals surface area contributed by atoms with Crippen LogP contribution in [0.4, 0.5) is 8.78 Å². The molecular formula is C22H20ClF2NO2. The van der Waals surface area contributed by atoms with E-state index in [9.17, 15) is 8.78 Å². The van der Waals surface area contributed by atoms with E-state index in [1.165, 1.54) is 25.3 Å². The van der Waals surface area contributed by atoms with Crippen molar-refractivity contribution < 1.29 is 18.3 Å². The molecule has 146 valence electrons. The summed E-state index contributed by atoms with van der Waals surface area (Å²) in [6.07, 6.45) is 0. The van der Waals surface area contributed by atoms with Crippen LogP contribution in [0.2, 0.25) is 5.02 Å². The minimum absolute atomic E-state index is 0.0465. The van der Waals surface area contributed by atoms with Gasteiger partial charge >= 0.3 is 0 Å². The van der Waals surface area contributed by atoms with Gasteiger partial charge in [0.15, 0.2) is 11.5 Å². The Labute approximate surface area is 167 Å². The third kappa shape index (κ3) is 5.21. The van der Waals surface area contributed by atoms with Gasteiger partial charge in [-0.1, -0.05) is 41.9 Å². The van der Waals surface area contributed by atoms with Gasteiger partial charge in [0, 0.05) is 18.7 Å². The van der Waals surface area contributed by atoms with Crippen LogP contribution in [0.5, 0.6) is 11.5 Å². The van der Waals surface area contributed by atoms with E-state index in [1.807, 2.05) is 6.07 Å². The Bertz CT molecular complexity index is 932. The molecule has 0 spiro atoms. The molecule has 0 aromatic heterocycles. The molecule has 0 radical (unpaired) electrons. The maximum absolute atomic E-state index is 13.8. The molecule has 3 aromatic rings. The molecule has 0 aliphatic rings. The second-order valence-electron chi connectivity index (χ2n) is 6.22. The summed E-state index contributed by atoms with van der Waals surface area (Å²) in [6, 6.07) is 16.3. The maximum atomic E-state index is 13.8. The van der Waals surface area contributed by atoms with E-state index in [2.05, 4.69) is 5.32 Å². The van der Waals surface area contributed by atoms with E-state index in [0.29, 0.717) is 35.2 Å². The van der Waals surface area contributed by atoms with E-state index in [-0.39, 0.29) is 18.2 Å². The maximum Gasteiger partial charge on any atom is 0.180 e. The first kappa shape index (κ1) is 20.1. The van der Waals surface area contributed by atoms with Gasteiger partial charge < -0.3 is 14.8 Å². The summed E-state index contributed by atoms with van der Waals surface area (Å²) in [7, 11) is 1.53. The van der Waals surface area contributed by atoms with Gasteiger partial charge in [-0.15, -0.1) is 0 Å². The highest BCUT2D eigenvalue weighted by atomic mass is 35.5. The number of ether oxygens (including phenoxy) is 2. The molecule has 0 aliphatic carbocycles. The van der Waals surface area contributed by atoms with Crippen LogP contribution in [0.15, 0.2) is 60.7 Å².